The van der Waals surface area contributed by atoms with E-state index < -0.39 is 10.8 Å². The Bertz CT molecular complexity index is 1290. The number of amides is 2. The van der Waals surface area contributed by atoms with Gasteiger partial charge in [-0.15, -0.1) is 0 Å². The highest BCUT2D eigenvalue weighted by Crippen LogP contribution is 2.36. The minimum absolute atomic E-state index is 0.150. The zero-order valence-electron chi connectivity index (χ0n) is 19.2. The SMILES string of the molecule is O=C(NCCN1CCCC1)c1ccc2c(c1)N(Cc1ccc(F)cc1)C(=O)c1ccccc1S2=O. The standard InChI is InChI=1S/C27H26FN3O3S/c28-21-10-7-19(8-11-21)18-31-23-17-20(26(32)29-13-16-30-14-3-4-15-30)9-12-25(23)35(34)24-6-2-1-5-22(24)27(31)33/h1-2,5-12,17H,3-4,13-16,18H2,(H,29,32). The number of fused-ring (bicyclic) bond motifs is 2. The molecule has 3 aromatic carbocycles. The monoisotopic (exact) mass is 491 g/mol. The number of benzene rings is 3. The van der Waals surface area contributed by atoms with Crippen molar-refractivity contribution in [1.82, 2.24) is 10.2 Å². The quantitative estimate of drug-likeness (QED) is 0.566. The summed E-state index contributed by atoms with van der Waals surface area (Å²) >= 11 is 0. The fourth-order valence-electron chi connectivity index (χ4n) is 4.57. The maximum atomic E-state index is 13.6. The van der Waals surface area contributed by atoms with Crippen LogP contribution in [0.2, 0.25) is 0 Å². The Balaban J connectivity index is 1.48. The molecule has 1 fully saturated rings. The van der Waals surface area contributed by atoms with Crippen molar-refractivity contribution in [2.75, 3.05) is 31.1 Å². The Morgan fingerprint density at radius 2 is 1.71 bits per heavy atom. The fourth-order valence-corrected chi connectivity index (χ4v) is 5.91. The molecular weight excluding hydrogens is 465 g/mol. The Kier molecular flexibility index (Phi) is 6.74. The molecule has 0 aliphatic carbocycles. The van der Waals surface area contributed by atoms with Crippen LogP contribution in [0.4, 0.5) is 10.1 Å². The summed E-state index contributed by atoms with van der Waals surface area (Å²) in [5.41, 5.74) is 1.88. The third-order valence-corrected chi connectivity index (χ3v) is 7.94. The normalized spacial score (nSPS) is 17.6. The van der Waals surface area contributed by atoms with E-state index in [1.165, 1.54) is 29.9 Å². The van der Waals surface area contributed by atoms with E-state index in [4.69, 9.17) is 0 Å². The number of anilines is 1. The van der Waals surface area contributed by atoms with Crippen LogP contribution in [0.15, 0.2) is 76.5 Å². The van der Waals surface area contributed by atoms with Crippen molar-refractivity contribution < 1.29 is 18.2 Å². The Morgan fingerprint density at radius 1 is 0.971 bits per heavy atom. The molecule has 1 atom stereocenters. The molecule has 0 bridgehead atoms. The molecule has 0 saturated carbocycles. The molecule has 6 nitrogen and oxygen atoms in total. The van der Waals surface area contributed by atoms with Gasteiger partial charge in [0.05, 0.1) is 38.4 Å². The molecule has 1 unspecified atom stereocenters. The zero-order valence-corrected chi connectivity index (χ0v) is 20.0. The third kappa shape index (κ3) is 4.90. The average Bonchev–Trinajstić information content (AvgIpc) is 3.38. The van der Waals surface area contributed by atoms with Gasteiger partial charge in [-0.25, -0.2) is 8.60 Å². The predicted octanol–water partition coefficient (Wildman–Crippen LogP) is 3.98. The summed E-state index contributed by atoms with van der Waals surface area (Å²) in [5.74, 6) is -0.923. The molecule has 0 aromatic heterocycles. The number of carbonyl (C=O) groups excluding carboxylic acids is 2. The van der Waals surface area contributed by atoms with Crippen LogP contribution >= 0.6 is 0 Å². The van der Waals surface area contributed by atoms with E-state index >= 15 is 0 Å². The second kappa shape index (κ2) is 10.1. The lowest BCUT2D eigenvalue weighted by Gasteiger charge is -2.24. The first-order valence-corrected chi connectivity index (χ1v) is 12.9. The van der Waals surface area contributed by atoms with Gasteiger partial charge in [0.1, 0.15) is 5.82 Å². The molecule has 2 heterocycles. The van der Waals surface area contributed by atoms with Crippen molar-refractivity contribution in [2.24, 2.45) is 0 Å². The highest BCUT2D eigenvalue weighted by atomic mass is 32.2. The summed E-state index contributed by atoms with van der Waals surface area (Å²) in [5, 5.41) is 2.96. The number of nitrogens with zero attached hydrogens (tertiary/aromatic N) is 2. The van der Waals surface area contributed by atoms with Crippen LogP contribution in [-0.2, 0) is 17.3 Å². The van der Waals surface area contributed by atoms with Gasteiger partial charge in [0.15, 0.2) is 0 Å². The number of hydrogen-bond acceptors (Lipinski definition) is 4. The fraction of sp³-hybridized carbons (Fsp3) is 0.259. The van der Waals surface area contributed by atoms with Crippen molar-refractivity contribution in [2.45, 2.75) is 29.2 Å². The molecule has 0 radical (unpaired) electrons. The lowest BCUT2D eigenvalue weighted by Crippen LogP contribution is -2.34. The molecule has 1 saturated heterocycles. The van der Waals surface area contributed by atoms with Crippen LogP contribution in [-0.4, -0.2) is 47.1 Å². The predicted molar refractivity (Wildman–Crippen MR) is 132 cm³/mol. The van der Waals surface area contributed by atoms with E-state index in [1.54, 1.807) is 54.6 Å². The number of hydrogen-bond donors (Lipinski definition) is 1. The number of carbonyl (C=O) groups is 2. The van der Waals surface area contributed by atoms with Crippen LogP contribution in [0, 0.1) is 5.82 Å². The molecule has 3 aromatic rings. The molecule has 35 heavy (non-hydrogen) atoms. The number of rotatable bonds is 6. The van der Waals surface area contributed by atoms with E-state index in [-0.39, 0.29) is 24.2 Å². The number of likely N-dealkylation sites (tertiary alicyclic amines) is 1. The first kappa shape index (κ1) is 23.4. The topological polar surface area (TPSA) is 69.7 Å². The van der Waals surface area contributed by atoms with Crippen LogP contribution in [0.1, 0.15) is 39.1 Å². The maximum Gasteiger partial charge on any atom is 0.259 e. The van der Waals surface area contributed by atoms with Gasteiger partial charge >= 0.3 is 0 Å². The molecule has 8 heteroatoms. The second-order valence-electron chi connectivity index (χ2n) is 8.77. The maximum absolute atomic E-state index is 13.6. The zero-order chi connectivity index (χ0) is 24.4. The molecule has 5 rings (SSSR count). The molecule has 0 spiro atoms. The summed E-state index contributed by atoms with van der Waals surface area (Å²) in [4.78, 5) is 31.3. The first-order valence-electron chi connectivity index (χ1n) is 11.7. The van der Waals surface area contributed by atoms with Crippen molar-refractivity contribution in [3.63, 3.8) is 0 Å². The summed E-state index contributed by atoms with van der Waals surface area (Å²) < 4.78 is 27.0. The van der Waals surface area contributed by atoms with E-state index in [9.17, 15) is 18.2 Å². The summed E-state index contributed by atoms with van der Waals surface area (Å²) in [7, 11) is -1.60. The highest BCUT2D eigenvalue weighted by molar-refractivity contribution is 7.85. The second-order valence-corrected chi connectivity index (χ2v) is 10.2. The molecular formula is C27H26FN3O3S. The summed E-state index contributed by atoms with van der Waals surface area (Å²) in [6, 6.07) is 17.7. The molecule has 180 valence electrons. The Labute approximate surface area is 206 Å². The molecule has 2 aliphatic rings. The van der Waals surface area contributed by atoms with E-state index in [1.807, 2.05) is 0 Å². The van der Waals surface area contributed by atoms with Gasteiger partial charge in [-0.3, -0.25) is 9.59 Å². The largest absolute Gasteiger partial charge is 0.351 e. The van der Waals surface area contributed by atoms with Gasteiger partial charge in [-0.05, 0) is 74.0 Å². The van der Waals surface area contributed by atoms with Crippen molar-refractivity contribution >= 4 is 28.3 Å². The highest BCUT2D eigenvalue weighted by Gasteiger charge is 2.31. The summed E-state index contributed by atoms with van der Waals surface area (Å²) in [6.07, 6.45) is 2.38. The minimum atomic E-state index is -1.60. The van der Waals surface area contributed by atoms with Crippen LogP contribution in [0.3, 0.4) is 0 Å². The van der Waals surface area contributed by atoms with Crippen LogP contribution in [0.5, 0.6) is 0 Å². The Hall–Kier alpha value is -3.36. The molecule has 1 N–H and O–H groups in total. The number of nitrogens with one attached hydrogen (secondary N) is 1. The smallest absolute Gasteiger partial charge is 0.259 e. The lowest BCUT2D eigenvalue weighted by molar-refractivity contribution is 0.0946. The van der Waals surface area contributed by atoms with Crippen molar-refractivity contribution in [3.05, 3.63) is 89.2 Å². The lowest BCUT2D eigenvalue weighted by atomic mass is 10.1. The molecule has 2 amide bonds. The van der Waals surface area contributed by atoms with E-state index in [0.717, 1.165) is 25.2 Å². The molecule has 2 aliphatic heterocycles. The minimum Gasteiger partial charge on any atom is -0.351 e. The van der Waals surface area contributed by atoms with Gasteiger partial charge in [-0.1, -0.05) is 24.3 Å². The first-order chi connectivity index (χ1) is 17.0. The number of halogens is 1. The van der Waals surface area contributed by atoms with Gasteiger partial charge in [0.25, 0.3) is 11.8 Å². The van der Waals surface area contributed by atoms with Gasteiger partial charge in [0.2, 0.25) is 0 Å². The van der Waals surface area contributed by atoms with Gasteiger partial charge < -0.3 is 15.1 Å². The van der Waals surface area contributed by atoms with Gasteiger partial charge in [-0.2, -0.15) is 0 Å². The third-order valence-electron chi connectivity index (χ3n) is 6.44. The van der Waals surface area contributed by atoms with E-state index in [2.05, 4.69) is 10.2 Å². The van der Waals surface area contributed by atoms with Crippen LogP contribution < -0.4 is 10.2 Å². The van der Waals surface area contributed by atoms with Crippen molar-refractivity contribution in [1.29, 1.82) is 0 Å². The average molecular weight is 492 g/mol. The van der Waals surface area contributed by atoms with Crippen LogP contribution in [0.25, 0.3) is 0 Å². The Morgan fingerprint density at radius 3 is 2.49 bits per heavy atom. The van der Waals surface area contributed by atoms with Gasteiger partial charge in [0, 0.05) is 18.7 Å². The van der Waals surface area contributed by atoms with E-state index in [0.29, 0.717) is 33.2 Å². The summed E-state index contributed by atoms with van der Waals surface area (Å²) in [6.45, 7) is 3.59. The van der Waals surface area contributed by atoms with Crippen molar-refractivity contribution in [3.8, 4) is 0 Å².